The van der Waals surface area contributed by atoms with E-state index in [9.17, 15) is 9.18 Å². The van der Waals surface area contributed by atoms with Crippen molar-refractivity contribution < 1.29 is 19.0 Å². The maximum atomic E-state index is 12.2. The molecule has 0 bridgehead atoms. The number of ether oxygens (including phenoxy) is 1. The monoisotopic (exact) mass is 148 g/mol. The summed E-state index contributed by atoms with van der Waals surface area (Å²) in [6.07, 6.45) is 0.748. The highest BCUT2D eigenvalue weighted by Crippen LogP contribution is 1.97. The molecular weight excluding hydrogens is 139 g/mol. The highest BCUT2D eigenvalue weighted by Gasteiger charge is 2.06. The van der Waals surface area contributed by atoms with Gasteiger partial charge in [0, 0.05) is 0 Å². The van der Waals surface area contributed by atoms with Gasteiger partial charge in [-0.05, 0) is 13.0 Å². The summed E-state index contributed by atoms with van der Waals surface area (Å²) in [5, 5.41) is 8.13. The van der Waals surface area contributed by atoms with Gasteiger partial charge in [-0.3, -0.25) is 0 Å². The number of hydrogen-bond donors (Lipinski definition) is 1. The zero-order chi connectivity index (χ0) is 7.98. The number of carbonyl (C=O) groups is 1. The molecule has 58 valence electrons. The Hall–Kier alpha value is -0.900. The van der Waals surface area contributed by atoms with Crippen LogP contribution in [0.25, 0.3) is 0 Å². The molecule has 0 saturated heterocycles. The fourth-order valence-electron chi connectivity index (χ4n) is 0.364. The third-order valence-corrected chi connectivity index (χ3v) is 0.741. The molecule has 0 aliphatic heterocycles. The molecule has 0 rings (SSSR count). The highest BCUT2D eigenvalue weighted by molar-refractivity contribution is 5.85. The largest absolute Gasteiger partial charge is 0.461 e. The smallest absolute Gasteiger partial charge is 0.366 e. The molecule has 0 saturated carbocycles. The van der Waals surface area contributed by atoms with Gasteiger partial charge in [-0.1, -0.05) is 0 Å². The first-order chi connectivity index (χ1) is 4.72. The van der Waals surface area contributed by atoms with Crippen molar-refractivity contribution in [1.82, 2.24) is 0 Å². The lowest BCUT2D eigenvalue weighted by Crippen LogP contribution is -2.04. The zero-order valence-electron chi connectivity index (χ0n) is 5.63. The van der Waals surface area contributed by atoms with Gasteiger partial charge in [0.15, 0.2) is 0 Å². The third kappa shape index (κ3) is 3.19. The van der Waals surface area contributed by atoms with Gasteiger partial charge in [0.25, 0.3) is 0 Å². The van der Waals surface area contributed by atoms with Crippen LogP contribution in [0.4, 0.5) is 4.39 Å². The second-order valence-corrected chi connectivity index (χ2v) is 1.46. The molecule has 0 atom stereocenters. The van der Waals surface area contributed by atoms with Crippen LogP contribution in [0.5, 0.6) is 0 Å². The van der Waals surface area contributed by atoms with Crippen molar-refractivity contribution in [2.45, 2.75) is 6.92 Å². The SMILES string of the molecule is CCOC(=O)C(F)=CCO. The Kier molecular flexibility index (Phi) is 4.49. The highest BCUT2D eigenvalue weighted by atomic mass is 19.1. The summed E-state index contributed by atoms with van der Waals surface area (Å²) in [6.45, 7) is 1.21. The summed E-state index contributed by atoms with van der Waals surface area (Å²) in [6, 6.07) is 0. The Morgan fingerprint density at radius 2 is 2.40 bits per heavy atom. The number of rotatable bonds is 3. The number of carbonyl (C=O) groups excluding carboxylic acids is 1. The topological polar surface area (TPSA) is 46.5 Å². The van der Waals surface area contributed by atoms with Crippen LogP contribution >= 0.6 is 0 Å². The molecule has 0 spiro atoms. The average molecular weight is 148 g/mol. The van der Waals surface area contributed by atoms with Gasteiger partial charge in [0.2, 0.25) is 5.83 Å². The summed E-state index contributed by atoms with van der Waals surface area (Å²) in [5.41, 5.74) is 0. The number of esters is 1. The minimum Gasteiger partial charge on any atom is -0.461 e. The fraction of sp³-hybridized carbons (Fsp3) is 0.500. The standard InChI is InChI=1S/C6H9FO3/c1-2-10-6(9)5(7)3-4-8/h3,8H,2,4H2,1H3. The molecule has 10 heavy (non-hydrogen) atoms. The average Bonchev–Trinajstić information content (AvgIpc) is 1.89. The van der Waals surface area contributed by atoms with Crippen molar-refractivity contribution in [2.75, 3.05) is 13.2 Å². The van der Waals surface area contributed by atoms with Gasteiger partial charge in [0.05, 0.1) is 13.2 Å². The van der Waals surface area contributed by atoms with Gasteiger partial charge < -0.3 is 9.84 Å². The molecule has 0 fully saturated rings. The molecule has 0 unspecified atom stereocenters. The summed E-state index contributed by atoms with van der Waals surface area (Å²) in [7, 11) is 0. The van der Waals surface area contributed by atoms with Crippen LogP contribution < -0.4 is 0 Å². The molecule has 3 nitrogen and oxygen atoms in total. The van der Waals surface area contributed by atoms with Crippen LogP contribution in [0.2, 0.25) is 0 Å². The van der Waals surface area contributed by atoms with Crippen LogP contribution in [0, 0.1) is 0 Å². The number of hydrogen-bond acceptors (Lipinski definition) is 3. The molecule has 0 amide bonds. The van der Waals surface area contributed by atoms with E-state index in [1.54, 1.807) is 6.92 Å². The molecule has 0 aliphatic carbocycles. The van der Waals surface area contributed by atoms with E-state index in [2.05, 4.69) is 4.74 Å². The number of aliphatic hydroxyl groups excluding tert-OH is 1. The minimum atomic E-state index is -1.05. The zero-order valence-corrected chi connectivity index (χ0v) is 5.63. The maximum absolute atomic E-state index is 12.2. The second-order valence-electron chi connectivity index (χ2n) is 1.46. The van der Waals surface area contributed by atoms with Crippen LogP contribution in [-0.4, -0.2) is 24.3 Å². The lowest BCUT2D eigenvalue weighted by atomic mass is 10.5. The van der Waals surface area contributed by atoms with Crippen molar-refractivity contribution in [3.63, 3.8) is 0 Å². The molecule has 0 aliphatic rings. The Balaban J connectivity index is 3.82. The Morgan fingerprint density at radius 1 is 1.80 bits per heavy atom. The fourth-order valence-corrected chi connectivity index (χ4v) is 0.364. The van der Waals surface area contributed by atoms with E-state index in [0.717, 1.165) is 6.08 Å². The van der Waals surface area contributed by atoms with Gasteiger partial charge >= 0.3 is 5.97 Å². The second kappa shape index (κ2) is 4.93. The quantitative estimate of drug-likeness (QED) is 0.465. The molecule has 4 heteroatoms. The van der Waals surface area contributed by atoms with Gasteiger partial charge in [0.1, 0.15) is 0 Å². The van der Waals surface area contributed by atoms with E-state index in [1.807, 2.05) is 0 Å². The molecule has 0 radical (unpaired) electrons. The molecule has 0 aromatic heterocycles. The summed E-state index contributed by atoms with van der Waals surface area (Å²) >= 11 is 0. The predicted molar refractivity (Wildman–Crippen MR) is 32.9 cm³/mol. The summed E-state index contributed by atoms with van der Waals surface area (Å²) in [5.74, 6) is -2.08. The van der Waals surface area contributed by atoms with Gasteiger partial charge in [-0.25, -0.2) is 4.79 Å². The van der Waals surface area contributed by atoms with E-state index in [4.69, 9.17) is 5.11 Å². The Bertz CT molecular complexity index is 142. The predicted octanol–water partition coefficient (Wildman–Crippen LogP) is 0.395. The Morgan fingerprint density at radius 3 is 2.80 bits per heavy atom. The van der Waals surface area contributed by atoms with Crippen LogP contribution in [-0.2, 0) is 9.53 Å². The first kappa shape index (κ1) is 9.10. The molecular formula is C6H9FO3. The maximum Gasteiger partial charge on any atom is 0.366 e. The van der Waals surface area contributed by atoms with Gasteiger partial charge in [-0.2, -0.15) is 4.39 Å². The van der Waals surface area contributed by atoms with Crippen molar-refractivity contribution in [2.24, 2.45) is 0 Å². The van der Waals surface area contributed by atoms with E-state index in [-0.39, 0.29) is 6.61 Å². The number of aliphatic hydroxyl groups is 1. The van der Waals surface area contributed by atoms with Crippen molar-refractivity contribution in [3.05, 3.63) is 11.9 Å². The molecule has 0 aromatic rings. The normalized spacial score (nSPS) is 11.3. The molecule has 0 heterocycles. The van der Waals surface area contributed by atoms with Crippen LogP contribution in [0.3, 0.4) is 0 Å². The van der Waals surface area contributed by atoms with E-state index in [1.165, 1.54) is 0 Å². The number of halogens is 1. The summed E-state index contributed by atoms with van der Waals surface area (Å²) < 4.78 is 16.5. The lowest BCUT2D eigenvalue weighted by molar-refractivity contribution is -0.140. The van der Waals surface area contributed by atoms with Crippen molar-refractivity contribution >= 4 is 5.97 Å². The van der Waals surface area contributed by atoms with Crippen LogP contribution in [0.15, 0.2) is 11.9 Å². The lowest BCUT2D eigenvalue weighted by Gasteiger charge is -1.96. The minimum absolute atomic E-state index is 0.130. The molecule has 0 aromatic carbocycles. The first-order valence-corrected chi connectivity index (χ1v) is 2.86. The molecule has 1 N–H and O–H groups in total. The van der Waals surface area contributed by atoms with E-state index >= 15 is 0 Å². The first-order valence-electron chi connectivity index (χ1n) is 2.86. The van der Waals surface area contributed by atoms with Crippen molar-refractivity contribution in [1.29, 1.82) is 0 Å². The van der Waals surface area contributed by atoms with Gasteiger partial charge in [-0.15, -0.1) is 0 Å². The van der Waals surface area contributed by atoms with Crippen molar-refractivity contribution in [3.8, 4) is 0 Å². The van der Waals surface area contributed by atoms with E-state index in [0.29, 0.717) is 0 Å². The third-order valence-electron chi connectivity index (χ3n) is 0.741. The Labute approximate surface area is 58.1 Å². The van der Waals surface area contributed by atoms with Crippen LogP contribution in [0.1, 0.15) is 6.92 Å². The van der Waals surface area contributed by atoms with E-state index < -0.39 is 18.4 Å². The summed E-state index contributed by atoms with van der Waals surface area (Å²) in [4.78, 5) is 10.4.